The van der Waals surface area contributed by atoms with Crippen molar-refractivity contribution < 1.29 is 14.3 Å². The second-order valence-electron chi connectivity index (χ2n) is 7.34. The molecule has 0 bridgehead atoms. The number of carbonyl (C=O) groups is 2. The summed E-state index contributed by atoms with van der Waals surface area (Å²) in [5.41, 5.74) is 2.67. The molecule has 3 aromatic rings. The molecule has 0 radical (unpaired) electrons. The van der Waals surface area contributed by atoms with Gasteiger partial charge in [-0.25, -0.2) is 0 Å². The van der Waals surface area contributed by atoms with Gasteiger partial charge in [-0.15, -0.1) is 0 Å². The number of benzene rings is 3. The Labute approximate surface area is 183 Å². The molecule has 0 aromatic heterocycles. The van der Waals surface area contributed by atoms with Crippen molar-refractivity contribution in [2.75, 3.05) is 11.9 Å². The third-order valence-corrected chi connectivity index (χ3v) is 4.94. The van der Waals surface area contributed by atoms with Gasteiger partial charge in [-0.3, -0.25) is 9.59 Å². The summed E-state index contributed by atoms with van der Waals surface area (Å²) in [7, 11) is 0. The quantitative estimate of drug-likeness (QED) is 0.446. The number of rotatable bonds is 9. The molecule has 1 atom stereocenters. The Hall–Kier alpha value is -3.60. The Bertz CT molecular complexity index is 1000. The maximum absolute atomic E-state index is 12.7. The summed E-state index contributed by atoms with van der Waals surface area (Å²) in [4.78, 5) is 25.3. The lowest BCUT2D eigenvalue weighted by atomic mass is 10.1. The summed E-state index contributed by atoms with van der Waals surface area (Å²) >= 11 is 0. The second-order valence-corrected chi connectivity index (χ2v) is 7.34. The number of unbranched alkanes of at least 4 members (excludes halogenated alkanes) is 1. The van der Waals surface area contributed by atoms with Gasteiger partial charge in [0.05, 0.1) is 18.2 Å². The molecule has 0 saturated carbocycles. The van der Waals surface area contributed by atoms with E-state index in [2.05, 4.69) is 17.6 Å². The third kappa shape index (κ3) is 6.19. The summed E-state index contributed by atoms with van der Waals surface area (Å²) in [6.45, 7) is 4.61. The fourth-order valence-electron chi connectivity index (χ4n) is 3.11. The molecule has 0 saturated heterocycles. The van der Waals surface area contributed by atoms with Crippen LogP contribution in [0.3, 0.4) is 0 Å². The summed E-state index contributed by atoms with van der Waals surface area (Å²) < 4.78 is 5.75. The molecule has 3 rings (SSSR count). The van der Waals surface area contributed by atoms with Crippen LogP contribution in [-0.4, -0.2) is 18.4 Å². The first-order chi connectivity index (χ1) is 15.1. The van der Waals surface area contributed by atoms with Crippen LogP contribution in [0.5, 0.6) is 5.75 Å². The molecule has 0 heterocycles. The van der Waals surface area contributed by atoms with Crippen molar-refractivity contribution >= 4 is 17.5 Å². The molecule has 2 N–H and O–H groups in total. The van der Waals surface area contributed by atoms with Crippen molar-refractivity contribution in [1.82, 2.24) is 5.32 Å². The van der Waals surface area contributed by atoms with Crippen LogP contribution in [0.15, 0.2) is 78.9 Å². The van der Waals surface area contributed by atoms with E-state index in [0.29, 0.717) is 29.2 Å². The Kier molecular flexibility index (Phi) is 7.82. The van der Waals surface area contributed by atoms with Gasteiger partial charge in [0.1, 0.15) is 5.75 Å². The first-order valence-corrected chi connectivity index (χ1v) is 10.6. The monoisotopic (exact) mass is 416 g/mol. The zero-order chi connectivity index (χ0) is 22.1. The van der Waals surface area contributed by atoms with Crippen LogP contribution in [0.4, 0.5) is 5.69 Å². The van der Waals surface area contributed by atoms with Gasteiger partial charge in [0.25, 0.3) is 11.8 Å². The van der Waals surface area contributed by atoms with Gasteiger partial charge in [-0.05, 0) is 55.3 Å². The molecular formula is C26H28N2O3. The minimum absolute atomic E-state index is 0.0997. The van der Waals surface area contributed by atoms with Gasteiger partial charge < -0.3 is 15.4 Å². The molecule has 3 aromatic carbocycles. The van der Waals surface area contributed by atoms with Gasteiger partial charge in [-0.2, -0.15) is 0 Å². The molecular weight excluding hydrogens is 388 g/mol. The smallest absolute Gasteiger partial charge is 0.259 e. The predicted octanol–water partition coefficient (Wildman–Crippen LogP) is 5.61. The largest absolute Gasteiger partial charge is 0.493 e. The molecule has 5 heteroatoms. The number of nitrogens with one attached hydrogen (secondary N) is 2. The number of amides is 2. The van der Waals surface area contributed by atoms with Crippen molar-refractivity contribution in [3.05, 3.63) is 95.6 Å². The van der Waals surface area contributed by atoms with Crippen molar-refractivity contribution in [2.45, 2.75) is 32.7 Å². The number of carbonyl (C=O) groups excluding carboxylic acids is 2. The fraction of sp³-hybridized carbons (Fsp3) is 0.231. The Morgan fingerprint density at radius 1 is 0.871 bits per heavy atom. The van der Waals surface area contributed by atoms with Crippen LogP contribution >= 0.6 is 0 Å². The van der Waals surface area contributed by atoms with E-state index in [4.69, 9.17) is 4.74 Å². The third-order valence-electron chi connectivity index (χ3n) is 4.94. The number of hydrogen-bond acceptors (Lipinski definition) is 3. The SMILES string of the molecule is CCCCOc1ccccc1C(=O)Nc1ccc(C(=O)NC(C)c2ccccc2)cc1. The molecule has 5 nitrogen and oxygen atoms in total. The van der Waals surface area contributed by atoms with E-state index in [9.17, 15) is 9.59 Å². The van der Waals surface area contributed by atoms with Crippen LogP contribution < -0.4 is 15.4 Å². The predicted molar refractivity (Wildman–Crippen MR) is 124 cm³/mol. The van der Waals surface area contributed by atoms with Crippen LogP contribution in [-0.2, 0) is 0 Å². The van der Waals surface area contributed by atoms with Crippen LogP contribution in [0.25, 0.3) is 0 Å². The molecule has 160 valence electrons. The molecule has 1 unspecified atom stereocenters. The average Bonchev–Trinajstić information content (AvgIpc) is 2.80. The van der Waals surface area contributed by atoms with Crippen molar-refractivity contribution in [2.24, 2.45) is 0 Å². The van der Waals surface area contributed by atoms with Crippen LogP contribution in [0.1, 0.15) is 59.0 Å². The van der Waals surface area contributed by atoms with E-state index in [-0.39, 0.29) is 17.9 Å². The highest BCUT2D eigenvalue weighted by atomic mass is 16.5. The van der Waals surface area contributed by atoms with E-state index in [1.165, 1.54) is 0 Å². The van der Waals surface area contributed by atoms with Gasteiger partial charge in [-0.1, -0.05) is 55.8 Å². The summed E-state index contributed by atoms with van der Waals surface area (Å²) in [6, 6.07) is 23.7. The molecule has 0 fully saturated rings. The summed E-state index contributed by atoms with van der Waals surface area (Å²) in [6.07, 6.45) is 1.96. The van der Waals surface area contributed by atoms with Crippen molar-refractivity contribution in [3.63, 3.8) is 0 Å². The lowest BCUT2D eigenvalue weighted by molar-refractivity contribution is 0.0939. The van der Waals surface area contributed by atoms with E-state index < -0.39 is 0 Å². The first-order valence-electron chi connectivity index (χ1n) is 10.6. The molecule has 0 aliphatic rings. The lowest BCUT2D eigenvalue weighted by Crippen LogP contribution is -2.26. The molecule has 0 aliphatic heterocycles. The van der Waals surface area contributed by atoms with Crippen molar-refractivity contribution in [3.8, 4) is 5.75 Å². The Morgan fingerprint density at radius 2 is 1.55 bits per heavy atom. The van der Waals surface area contributed by atoms with Crippen LogP contribution in [0, 0.1) is 0 Å². The minimum Gasteiger partial charge on any atom is -0.493 e. The molecule has 0 aliphatic carbocycles. The fourth-order valence-corrected chi connectivity index (χ4v) is 3.11. The normalized spacial score (nSPS) is 11.4. The van der Waals surface area contributed by atoms with Gasteiger partial charge >= 0.3 is 0 Å². The number of hydrogen-bond donors (Lipinski definition) is 2. The van der Waals surface area contributed by atoms with E-state index in [1.54, 1.807) is 36.4 Å². The summed E-state index contributed by atoms with van der Waals surface area (Å²) in [5, 5.41) is 5.86. The highest BCUT2D eigenvalue weighted by molar-refractivity contribution is 6.06. The number of para-hydroxylation sites is 1. The van der Waals surface area contributed by atoms with Gasteiger partial charge in [0.15, 0.2) is 0 Å². The topological polar surface area (TPSA) is 67.4 Å². The van der Waals surface area contributed by atoms with Crippen LogP contribution in [0.2, 0.25) is 0 Å². The maximum Gasteiger partial charge on any atom is 0.259 e. The van der Waals surface area contributed by atoms with E-state index in [0.717, 1.165) is 18.4 Å². The Balaban J connectivity index is 1.62. The number of ether oxygens (including phenoxy) is 1. The first kappa shape index (κ1) is 22.1. The maximum atomic E-state index is 12.7. The Morgan fingerprint density at radius 3 is 2.26 bits per heavy atom. The molecule has 0 spiro atoms. The van der Waals surface area contributed by atoms with Gasteiger partial charge in [0, 0.05) is 11.3 Å². The highest BCUT2D eigenvalue weighted by Gasteiger charge is 2.14. The number of anilines is 1. The zero-order valence-corrected chi connectivity index (χ0v) is 17.9. The van der Waals surface area contributed by atoms with Crippen molar-refractivity contribution in [1.29, 1.82) is 0 Å². The standard InChI is InChI=1S/C26H28N2O3/c1-3-4-18-31-24-13-9-8-12-23(24)26(30)28-22-16-14-21(15-17-22)25(29)27-19(2)20-10-6-5-7-11-20/h5-17,19H,3-4,18H2,1-2H3,(H,27,29)(H,28,30). The zero-order valence-electron chi connectivity index (χ0n) is 17.9. The molecule has 2 amide bonds. The summed E-state index contributed by atoms with van der Waals surface area (Å²) in [5.74, 6) is 0.158. The van der Waals surface area contributed by atoms with E-state index in [1.807, 2.05) is 49.4 Å². The lowest BCUT2D eigenvalue weighted by Gasteiger charge is -2.15. The average molecular weight is 417 g/mol. The van der Waals surface area contributed by atoms with E-state index >= 15 is 0 Å². The highest BCUT2D eigenvalue weighted by Crippen LogP contribution is 2.21. The second kappa shape index (κ2) is 11.0. The van der Waals surface area contributed by atoms with Gasteiger partial charge in [0.2, 0.25) is 0 Å². The molecule has 31 heavy (non-hydrogen) atoms. The minimum atomic E-state index is -0.248.